The van der Waals surface area contributed by atoms with Crippen LogP contribution in [0.4, 0.5) is 0 Å². The van der Waals surface area contributed by atoms with E-state index < -0.39 is 30.9 Å². The highest BCUT2D eigenvalue weighted by atomic mass is 28.4. The molecule has 3 radical (unpaired) electrons. The molecule has 0 unspecified atom stereocenters. The zero-order valence-electron chi connectivity index (χ0n) is 23.3. The van der Waals surface area contributed by atoms with Gasteiger partial charge in [-0.25, -0.2) is 0 Å². The summed E-state index contributed by atoms with van der Waals surface area (Å²) in [5, 5.41) is 0. The van der Waals surface area contributed by atoms with Gasteiger partial charge in [-0.3, -0.25) is 0 Å². The molecule has 0 N–H and O–H groups in total. The topological polar surface area (TPSA) is 27.7 Å². The molecule has 7 heteroatoms. The zero-order valence-corrected chi connectivity index (χ0v) is 27.3. The molecular weight excluding hydrogens is 461 g/mol. The van der Waals surface area contributed by atoms with Crippen molar-refractivity contribution in [3.05, 3.63) is 0 Å². The van der Waals surface area contributed by atoms with Gasteiger partial charge in [-0.05, 0) is 65.3 Å². The third kappa shape index (κ3) is 21.3. The van der Waals surface area contributed by atoms with Gasteiger partial charge in [-0.15, -0.1) is 0 Å². The van der Waals surface area contributed by atoms with Gasteiger partial charge in [-0.1, -0.05) is 83.1 Å². The van der Waals surface area contributed by atoms with Crippen LogP contribution in [0.1, 0.15) is 89.9 Å². The minimum absolute atomic E-state index is 0.826. The molecule has 191 valence electrons. The molecule has 0 aliphatic rings. The Morgan fingerprint density at radius 3 is 0.938 bits per heavy atom. The molecule has 32 heavy (non-hydrogen) atoms. The Balaban J connectivity index is 4.31. The van der Waals surface area contributed by atoms with E-state index in [1.54, 1.807) is 0 Å². The van der Waals surface area contributed by atoms with Gasteiger partial charge in [0.1, 0.15) is 0 Å². The first-order valence-corrected chi connectivity index (χ1v) is 24.4. The number of rotatable bonds is 21. The van der Waals surface area contributed by atoms with Crippen LogP contribution in [0, 0.1) is 0 Å². The third-order valence-corrected chi connectivity index (χ3v) is 8.17. The van der Waals surface area contributed by atoms with Crippen molar-refractivity contribution in [1.82, 2.24) is 0 Å². The standard InChI is InChI=1S/C25H57O3Si4/c1-30(2,3)26-25(27-31(4,5)6,28-32(7,8)9)23-21-19-17-15-13-11-10-12-14-16-18-20-22-24-29/h10-24H2,1-9H3. The molecule has 0 saturated carbocycles. The molecule has 3 nitrogen and oxygen atoms in total. The summed E-state index contributed by atoms with van der Waals surface area (Å²) in [6.07, 6.45) is 18.5. The molecule has 0 aromatic rings. The molecule has 0 amide bonds. The summed E-state index contributed by atoms with van der Waals surface area (Å²) in [5.41, 5.74) is 0. The lowest BCUT2D eigenvalue weighted by Gasteiger charge is -2.45. The number of unbranched alkanes of at least 4 members (excludes halogenated alkanes) is 12. The fourth-order valence-corrected chi connectivity index (χ4v) is 7.88. The van der Waals surface area contributed by atoms with Crippen LogP contribution < -0.4 is 0 Å². The number of hydrogen-bond donors (Lipinski definition) is 0. The van der Waals surface area contributed by atoms with Crippen LogP contribution in [0.3, 0.4) is 0 Å². The van der Waals surface area contributed by atoms with Gasteiger partial charge < -0.3 is 13.3 Å². The quantitative estimate of drug-likeness (QED) is 0.0862. The van der Waals surface area contributed by atoms with Crippen molar-refractivity contribution in [2.75, 3.05) is 0 Å². The van der Waals surface area contributed by atoms with E-state index in [0.717, 1.165) is 18.9 Å². The van der Waals surface area contributed by atoms with Crippen molar-refractivity contribution in [2.45, 2.75) is 161 Å². The highest BCUT2D eigenvalue weighted by Crippen LogP contribution is 2.34. The minimum atomic E-state index is -1.81. The summed E-state index contributed by atoms with van der Waals surface area (Å²) in [4.78, 5) is 0. The second kappa shape index (κ2) is 16.4. The molecule has 0 fully saturated rings. The van der Waals surface area contributed by atoms with E-state index in [9.17, 15) is 0 Å². The Hall–Kier alpha value is 0.748. The molecule has 0 rings (SSSR count). The lowest BCUT2D eigenvalue weighted by atomic mass is 10.0. The average molecular weight is 518 g/mol. The van der Waals surface area contributed by atoms with Crippen molar-refractivity contribution in [1.29, 1.82) is 0 Å². The van der Waals surface area contributed by atoms with Gasteiger partial charge in [0.2, 0.25) is 0 Å². The van der Waals surface area contributed by atoms with Crippen molar-refractivity contribution < 1.29 is 13.3 Å². The normalized spacial score (nSPS) is 13.7. The molecule has 0 atom stereocenters. The molecule has 0 heterocycles. The monoisotopic (exact) mass is 517 g/mol. The van der Waals surface area contributed by atoms with E-state index in [-0.39, 0.29) is 0 Å². The largest absolute Gasteiger partial charge is 0.371 e. The fourth-order valence-electron chi connectivity index (χ4n) is 4.03. The van der Waals surface area contributed by atoms with Crippen molar-refractivity contribution in [3.8, 4) is 0 Å². The van der Waals surface area contributed by atoms with Crippen LogP contribution in [-0.4, -0.2) is 41.2 Å². The van der Waals surface area contributed by atoms with E-state index >= 15 is 0 Å². The summed E-state index contributed by atoms with van der Waals surface area (Å²) in [6, 6.07) is 1.16. The lowest BCUT2D eigenvalue weighted by molar-refractivity contribution is -0.274. The first-order chi connectivity index (χ1) is 14.7. The Morgan fingerprint density at radius 2 is 0.688 bits per heavy atom. The van der Waals surface area contributed by atoms with Crippen LogP contribution in [-0.2, 0) is 13.3 Å². The van der Waals surface area contributed by atoms with Gasteiger partial charge in [0.25, 0.3) is 5.97 Å². The molecule has 0 saturated heterocycles. The van der Waals surface area contributed by atoms with Crippen LogP contribution in [0.25, 0.3) is 0 Å². The average Bonchev–Trinajstić information content (AvgIpc) is 2.57. The Bertz CT molecular complexity index is 413. The summed E-state index contributed by atoms with van der Waals surface area (Å²) in [5.74, 6) is -0.826. The van der Waals surface area contributed by atoms with E-state index in [4.69, 9.17) is 13.3 Å². The Kier molecular flexibility index (Phi) is 16.8. The Morgan fingerprint density at radius 1 is 0.438 bits per heavy atom. The second-order valence-corrected chi connectivity index (χ2v) is 26.2. The van der Waals surface area contributed by atoms with E-state index in [2.05, 4.69) is 69.2 Å². The first-order valence-electron chi connectivity index (χ1n) is 13.4. The lowest BCUT2D eigenvalue weighted by Crippen LogP contribution is -2.55. The predicted molar refractivity (Wildman–Crippen MR) is 151 cm³/mol. The van der Waals surface area contributed by atoms with Gasteiger partial charge in [-0.2, -0.15) is 0 Å². The summed E-state index contributed by atoms with van der Waals surface area (Å²) >= 11 is 0. The summed E-state index contributed by atoms with van der Waals surface area (Å²) in [7, 11) is -1.86. The first kappa shape index (κ1) is 32.7. The van der Waals surface area contributed by atoms with Crippen molar-refractivity contribution in [3.63, 3.8) is 0 Å². The van der Waals surface area contributed by atoms with Gasteiger partial charge in [0.15, 0.2) is 25.0 Å². The van der Waals surface area contributed by atoms with Gasteiger partial charge in [0, 0.05) is 16.7 Å². The molecule has 0 bridgehead atoms. The van der Waals surface area contributed by atoms with E-state index in [1.165, 1.54) is 77.0 Å². The predicted octanol–water partition coefficient (Wildman–Crippen LogP) is 9.24. The van der Waals surface area contributed by atoms with Gasteiger partial charge in [0.05, 0.1) is 0 Å². The van der Waals surface area contributed by atoms with E-state index in [0.29, 0.717) is 0 Å². The SMILES string of the molecule is C[Si](C)(C)OC(CCCCCCCCCCCCCCC[Si])(O[Si](C)(C)C)O[Si](C)(C)C. The number of hydrogen-bond acceptors (Lipinski definition) is 3. The molecule has 0 aromatic carbocycles. The maximum absolute atomic E-state index is 6.65. The summed E-state index contributed by atoms with van der Waals surface area (Å²) < 4.78 is 20.0. The maximum atomic E-state index is 6.65. The smallest absolute Gasteiger partial charge is 0.254 e. The molecule has 0 spiro atoms. The van der Waals surface area contributed by atoms with Crippen molar-refractivity contribution >= 4 is 35.2 Å². The highest BCUT2D eigenvalue weighted by molar-refractivity contribution is 6.72. The fraction of sp³-hybridized carbons (Fsp3) is 1.00. The maximum Gasteiger partial charge on any atom is 0.254 e. The molecule has 0 aliphatic carbocycles. The van der Waals surface area contributed by atoms with Crippen LogP contribution >= 0.6 is 0 Å². The Labute approximate surface area is 209 Å². The highest BCUT2D eigenvalue weighted by Gasteiger charge is 2.44. The summed E-state index contributed by atoms with van der Waals surface area (Å²) in [6.45, 7) is 20.2. The zero-order chi connectivity index (χ0) is 24.7. The second-order valence-electron chi connectivity index (χ2n) is 12.4. The molecule has 0 aromatic heterocycles. The van der Waals surface area contributed by atoms with Crippen LogP contribution in [0.5, 0.6) is 0 Å². The van der Waals surface area contributed by atoms with Crippen molar-refractivity contribution in [2.24, 2.45) is 0 Å². The minimum Gasteiger partial charge on any atom is -0.371 e. The van der Waals surface area contributed by atoms with Crippen LogP contribution in [0.15, 0.2) is 0 Å². The van der Waals surface area contributed by atoms with E-state index in [1.807, 2.05) is 0 Å². The van der Waals surface area contributed by atoms with Crippen LogP contribution in [0.2, 0.25) is 65.0 Å². The van der Waals surface area contributed by atoms with Gasteiger partial charge >= 0.3 is 0 Å². The third-order valence-electron chi connectivity index (χ3n) is 5.04. The molecular formula is C25H57O3Si4. The molecule has 0 aliphatic heterocycles.